The smallest absolute Gasteiger partial charge is 0.298 e. The molecule has 0 aliphatic rings. The molecule has 9 heteroatoms. The molecule has 0 saturated carbocycles. The number of aromatic nitrogens is 3. The lowest BCUT2D eigenvalue weighted by Crippen LogP contribution is -2.22. The summed E-state index contributed by atoms with van der Waals surface area (Å²) in [5.74, 6) is 1.62. The number of ether oxygens (including phenoxy) is 3. The predicted octanol–water partition coefficient (Wildman–Crippen LogP) is 5.43. The monoisotopic (exact) mass is 527 g/mol. The van der Waals surface area contributed by atoms with E-state index in [1.165, 1.54) is 0 Å². The number of aromatic amines is 1. The van der Waals surface area contributed by atoms with Gasteiger partial charge in [0.25, 0.3) is 6.01 Å². The lowest BCUT2D eigenvalue weighted by atomic mass is 10.1. The van der Waals surface area contributed by atoms with Crippen LogP contribution in [0, 0.1) is 0 Å². The fourth-order valence-corrected chi connectivity index (χ4v) is 4.25. The SMILES string of the molecule is COc1cccc(CN(Cc2ccc3[nH]ncc3c2)c2nc(COCCOc3cccc(N(C)C)c3)co2)c1. The van der Waals surface area contributed by atoms with Crippen molar-refractivity contribution in [3.8, 4) is 11.5 Å². The number of nitrogens with one attached hydrogen (secondary N) is 1. The maximum Gasteiger partial charge on any atom is 0.298 e. The third-order valence-corrected chi connectivity index (χ3v) is 6.28. The number of oxazole rings is 1. The van der Waals surface area contributed by atoms with Crippen LogP contribution in [0.15, 0.2) is 83.6 Å². The average molecular weight is 528 g/mol. The third kappa shape index (κ3) is 6.88. The van der Waals surface area contributed by atoms with Crippen LogP contribution in [0.3, 0.4) is 0 Å². The second kappa shape index (κ2) is 12.4. The highest BCUT2D eigenvalue weighted by molar-refractivity contribution is 5.78. The Balaban J connectivity index is 1.22. The van der Waals surface area contributed by atoms with Crippen molar-refractivity contribution in [3.63, 3.8) is 0 Å². The number of methoxy groups -OCH3 is 1. The number of hydrogen-bond acceptors (Lipinski definition) is 8. The summed E-state index contributed by atoms with van der Waals surface area (Å²) in [5.41, 5.74) is 5.03. The Kier molecular flexibility index (Phi) is 8.28. The van der Waals surface area contributed by atoms with Crippen molar-refractivity contribution in [2.75, 3.05) is 44.2 Å². The first-order valence-electron chi connectivity index (χ1n) is 12.8. The first-order valence-corrected chi connectivity index (χ1v) is 12.8. The van der Waals surface area contributed by atoms with Gasteiger partial charge in [-0.25, -0.2) is 0 Å². The van der Waals surface area contributed by atoms with Crippen LogP contribution in [0.5, 0.6) is 11.5 Å². The molecule has 0 atom stereocenters. The largest absolute Gasteiger partial charge is 0.497 e. The van der Waals surface area contributed by atoms with Crippen molar-refractivity contribution >= 4 is 22.6 Å². The average Bonchev–Trinajstić information content (AvgIpc) is 3.62. The molecule has 0 aliphatic heterocycles. The minimum absolute atomic E-state index is 0.332. The van der Waals surface area contributed by atoms with E-state index in [1.807, 2.05) is 73.7 Å². The number of nitrogens with zero attached hydrogens (tertiary/aromatic N) is 4. The number of benzene rings is 3. The van der Waals surface area contributed by atoms with Crippen molar-refractivity contribution in [1.82, 2.24) is 15.2 Å². The Labute approximate surface area is 227 Å². The molecule has 0 bridgehead atoms. The van der Waals surface area contributed by atoms with Gasteiger partial charge in [0.1, 0.15) is 30.1 Å². The van der Waals surface area contributed by atoms with Crippen LogP contribution >= 0.6 is 0 Å². The molecule has 202 valence electrons. The standard InChI is InChI=1S/C30H33N5O4/c1-34(2)26-7-5-9-28(16-26)38-13-12-37-20-25-21-39-30(32-25)35(18-22-6-4-8-27(15-22)36-3)19-23-10-11-29-24(14-23)17-31-33-29/h4-11,14-17,21H,12-13,18-20H2,1-3H3,(H,31,33). The number of hydrogen-bond donors (Lipinski definition) is 1. The summed E-state index contributed by atoms with van der Waals surface area (Å²) in [6.07, 6.45) is 3.48. The third-order valence-electron chi connectivity index (χ3n) is 6.28. The molecule has 3 aromatic carbocycles. The van der Waals surface area contributed by atoms with E-state index in [9.17, 15) is 0 Å². The maximum absolute atomic E-state index is 5.91. The number of fused-ring (bicyclic) bond motifs is 1. The summed E-state index contributed by atoms with van der Waals surface area (Å²) in [6.45, 7) is 2.42. The van der Waals surface area contributed by atoms with Gasteiger partial charge in [-0.1, -0.05) is 24.3 Å². The molecule has 0 saturated heterocycles. The highest BCUT2D eigenvalue weighted by Crippen LogP contribution is 2.24. The summed E-state index contributed by atoms with van der Waals surface area (Å²) < 4.78 is 23.0. The van der Waals surface area contributed by atoms with Crippen LogP contribution < -0.4 is 19.3 Å². The normalized spacial score (nSPS) is 11.1. The fraction of sp³-hybridized carbons (Fsp3) is 0.267. The van der Waals surface area contributed by atoms with Gasteiger partial charge in [0.15, 0.2) is 0 Å². The Bertz CT molecular complexity index is 1500. The lowest BCUT2D eigenvalue weighted by Gasteiger charge is -2.21. The molecule has 0 radical (unpaired) electrons. The number of rotatable bonds is 13. The van der Waals surface area contributed by atoms with E-state index < -0.39 is 0 Å². The quantitative estimate of drug-likeness (QED) is 0.203. The Morgan fingerprint density at radius 2 is 1.72 bits per heavy atom. The summed E-state index contributed by atoms with van der Waals surface area (Å²) in [4.78, 5) is 8.86. The molecule has 0 aliphatic carbocycles. The molecule has 5 aromatic rings. The molecular weight excluding hydrogens is 494 g/mol. The highest BCUT2D eigenvalue weighted by atomic mass is 16.5. The zero-order valence-electron chi connectivity index (χ0n) is 22.5. The summed E-state index contributed by atoms with van der Waals surface area (Å²) in [6, 6.07) is 22.7. The molecule has 39 heavy (non-hydrogen) atoms. The van der Waals surface area contributed by atoms with Gasteiger partial charge >= 0.3 is 0 Å². The van der Waals surface area contributed by atoms with Gasteiger partial charge in [-0.15, -0.1) is 0 Å². The van der Waals surface area contributed by atoms with E-state index in [0.717, 1.165) is 44.9 Å². The molecule has 0 fully saturated rings. The molecule has 0 unspecified atom stereocenters. The summed E-state index contributed by atoms with van der Waals surface area (Å²) in [7, 11) is 5.68. The molecule has 9 nitrogen and oxygen atoms in total. The van der Waals surface area contributed by atoms with E-state index in [2.05, 4.69) is 33.3 Å². The first kappa shape index (κ1) is 26.1. The van der Waals surface area contributed by atoms with Gasteiger partial charge in [0.05, 0.1) is 32.0 Å². The van der Waals surface area contributed by atoms with Gasteiger partial charge in [0, 0.05) is 44.3 Å². The van der Waals surface area contributed by atoms with Crippen LogP contribution in [-0.2, 0) is 24.4 Å². The Hall–Kier alpha value is -4.50. The Morgan fingerprint density at radius 1 is 0.897 bits per heavy atom. The minimum Gasteiger partial charge on any atom is -0.497 e. The minimum atomic E-state index is 0.332. The molecule has 0 amide bonds. The van der Waals surface area contributed by atoms with E-state index in [4.69, 9.17) is 23.6 Å². The van der Waals surface area contributed by atoms with Crippen LogP contribution in [-0.4, -0.2) is 49.6 Å². The second-order valence-corrected chi connectivity index (χ2v) is 9.41. The van der Waals surface area contributed by atoms with E-state index in [1.54, 1.807) is 13.4 Å². The van der Waals surface area contributed by atoms with Crippen LogP contribution in [0.25, 0.3) is 10.9 Å². The summed E-state index contributed by atoms with van der Waals surface area (Å²) >= 11 is 0. The van der Waals surface area contributed by atoms with Crippen molar-refractivity contribution in [1.29, 1.82) is 0 Å². The number of H-pyrrole nitrogens is 1. The zero-order chi connectivity index (χ0) is 27.0. The number of anilines is 2. The zero-order valence-corrected chi connectivity index (χ0v) is 22.5. The molecule has 1 N–H and O–H groups in total. The van der Waals surface area contributed by atoms with Gasteiger partial charge in [0.2, 0.25) is 0 Å². The van der Waals surface area contributed by atoms with Crippen molar-refractivity contribution in [2.45, 2.75) is 19.7 Å². The van der Waals surface area contributed by atoms with Gasteiger partial charge in [-0.3, -0.25) is 5.10 Å². The second-order valence-electron chi connectivity index (χ2n) is 9.41. The lowest BCUT2D eigenvalue weighted by molar-refractivity contribution is 0.0869. The van der Waals surface area contributed by atoms with E-state index >= 15 is 0 Å². The van der Waals surface area contributed by atoms with Crippen LogP contribution in [0.4, 0.5) is 11.7 Å². The van der Waals surface area contributed by atoms with Crippen LogP contribution in [0.1, 0.15) is 16.8 Å². The van der Waals surface area contributed by atoms with Crippen molar-refractivity contribution in [2.24, 2.45) is 0 Å². The van der Waals surface area contributed by atoms with Gasteiger partial charge < -0.3 is 28.4 Å². The molecule has 5 rings (SSSR count). The summed E-state index contributed by atoms with van der Waals surface area (Å²) in [5, 5.41) is 8.19. The topological polar surface area (TPSA) is 88.9 Å². The highest BCUT2D eigenvalue weighted by Gasteiger charge is 2.16. The molecular formula is C30H33N5O4. The van der Waals surface area contributed by atoms with Gasteiger partial charge in [-0.05, 0) is 47.5 Å². The maximum atomic E-state index is 5.91. The predicted molar refractivity (Wildman–Crippen MR) is 151 cm³/mol. The molecule has 0 spiro atoms. The van der Waals surface area contributed by atoms with Crippen LogP contribution in [0.2, 0.25) is 0 Å². The Morgan fingerprint density at radius 3 is 2.56 bits per heavy atom. The molecule has 2 aromatic heterocycles. The van der Waals surface area contributed by atoms with E-state index in [-0.39, 0.29) is 0 Å². The first-order chi connectivity index (χ1) is 19.1. The fourth-order valence-electron chi connectivity index (χ4n) is 4.25. The van der Waals surface area contributed by atoms with Crippen molar-refractivity contribution < 1.29 is 18.6 Å². The molecule has 2 heterocycles. The van der Waals surface area contributed by atoms with Gasteiger partial charge in [-0.2, -0.15) is 10.1 Å². The van der Waals surface area contributed by atoms with Crippen molar-refractivity contribution in [3.05, 3.63) is 96.0 Å². The van der Waals surface area contributed by atoms with E-state index in [0.29, 0.717) is 38.9 Å².